The Labute approximate surface area is 171 Å². The SMILES string of the molecule is COCCCN1C(=O)C(=O)C(=C(O)c2ccccc2)[C@H]1c1ccc(I)cc1. The summed E-state index contributed by atoms with van der Waals surface area (Å²) in [5, 5.41) is 10.8. The van der Waals surface area contributed by atoms with E-state index in [1.807, 2.05) is 30.3 Å². The Morgan fingerprint density at radius 3 is 2.41 bits per heavy atom. The lowest BCUT2D eigenvalue weighted by molar-refractivity contribution is -0.140. The van der Waals surface area contributed by atoms with Gasteiger partial charge < -0.3 is 14.7 Å². The van der Waals surface area contributed by atoms with Crippen LogP contribution in [0.15, 0.2) is 60.2 Å². The first kappa shape index (κ1) is 19.6. The van der Waals surface area contributed by atoms with Gasteiger partial charge in [0.1, 0.15) is 5.76 Å². The second-order valence-electron chi connectivity index (χ2n) is 6.26. The lowest BCUT2D eigenvalue weighted by Crippen LogP contribution is -2.31. The number of likely N-dealkylation sites (tertiary alicyclic amines) is 1. The predicted octanol–water partition coefficient (Wildman–Crippen LogP) is 3.75. The van der Waals surface area contributed by atoms with Crippen molar-refractivity contribution in [1.29, 1.82) is 0 Å². The second-order valence-corrected chi connectivity index (χ2v) is 7.50. The largest absolute Gasteiger partial charge is 0.507 e. The number of hydrogen-bond acceptors (Lipinski definition) is 4. The molecule has 1 N–H and O–H groups in total. The highest BCUT2D eigenvalue weighted by Crippen LogP contribution is 2.39. The third-order valence-electron chi connectivity index (χ3n) is 4.52. The molecule has 1 heterocycles. The summed E-state index contributed by atoms with van der Waals surface area (Å²) < 4.78 is 6.13. The molecule has 0 spiro atoms. The molecule has 140 valence electrons. The van der Waals surface area contributed by atoms with Gasteiger partial charge in [-0.1, -0.05) is 42.5 Å². The highest BCUT2D eigenvalue weighted by Gasteiger charge is 2.45. The molecule has 5 nitrogen and oxygen atoms in total. The maximum atomic E-state index is 12.8. The summed E-state index contributed by atoms with van der Waals surface area (Å²) >= 11 is 2.20. The average Bonchev–Trinajstić information content (AvgIpc) is 2.94. The number of ketones is 1. The third kappa shape index (κ3) is 4.06. The summed E-state index contributed by atoms with van der Waals surface area (Å²) in [5.41, 5.74) is 1.44. The van der Waals surface area contributed by atoms with Crippen LogP contribution in [0.4, 0.5) is 0 Å². The molecule has 0 radical (unpaired) electrons. The van der Waals surface area contributed by atoms with Gasteiger partial charge in [0, 0.05) is 29.4 Å². The highest BCUT2D eigenvalue weighted by atomic mass is 127. The van der Waals surface area contributed by atoms with Crippen LogP contribution in [0.25, 0.3) is 5.76 Å². The number of carbonyl (C=O) groups is 2. The Balaban J connectivity index is 2.10. The third-order valence-corrected chi connectivity index (χ3v) is 5.24. The molecule has 1 fully saturated rings. The summed E-state index contributed by atoms with van der Waals surface area (Å²) in [6.07, 6.45) is 0.607. The Kier molecular flexibility index (Phi) is 6.28. The van der Waals surface area contributed by atoms with Crippen molar-refractivity contribution in [3.8, 4) is 0 Å². The normalized spacial score (nSPS) is 18.9. The fourth-order valence-electron chi connectivity index (χ4n) is 3.23. The standard InChI is InChI=1S/C21H20INO4/c1-27-13-5-12-23-18(14-8-10-16(22)11-9-14)17(20(25)21(23)26)19(24)15-6-3-2-4-7-15/h2-4,6-11,18,24H,5,12-13H2,1H3/t18-/m1/s1. The number of carbonyl (C=O) groups excluding carboxylic acids is 2. The maximum Gasteiger partial charge on any atom is 0.295 e. The number of aliphatic hydroxyl groups excluding tert-OH is 1. The van der Waals surface area contributed by atoms with E-state index in [1.165, 1.54) is 4.90 Å². The number of rotatable bonds is 6. The van der Waals surface area contributed by atoms with Gasteiger partial charge in [-0.15, -0.1) is 0 Å². The van der Waals surface area contributed by atoms with Crippen molar-refractivity contribution < 1.29 is 19.4 Å². The van der Waals surface area contributed by atoms with Crippen LogP contribution in [0.1, 0.15) is 23.6 Å². The summed E-state index contributed by atoms with van der Waals surface area (Å²) in [6.45, 7) is 0.863. The van der Waals surface area contributed by atoms with Crippen molar-refractivity contribution in [2.45, 2.75) is 12.5 Å². The first-order chi connectivity index (χ1) is 13.0. The zero-order chi connectivity index (χ0) is 19.4. The Bertz CT molecular complexity index is 862. The van der Waals surface area contributed by atoms with Crippen molar-refractivity contribution in [3.63, 3.8) is 0 Å². The number of amides is 1. The molecule has 1 aliphatic heterocycles. The molecular weight excluding hydrogens is 457 g/mol. The van der Waals surface area contributed by atoms with E-state index in [2.05, 4.69) is 22.6 Å². The van der Waals surface area contributed by atoms with Crippen molar-refractivity contribution >= 4 is 40.0 Å². The van der Waals surface area contributed by atoms with E-state index in [-0.39, 0.29) is 11.3 Å². The molecule has 0 aliphatic carbocycles. The van der Waals surface area contributed by atoms with Crippen molar-refractivity contribution in [3.05, 3.63) is 74.9 Å². The molecule has 2 aromatic rings. The van der Waals surface area contributed by atoms with Gasteiger partial charge in [-0.3, -0.25) is 9.59 Å². The molecule has 0 saturated carbocycles. The number of Topliss-reactive ketones (excluding diaryl/α,β-unsaturated/α-hetero) is 1. The zero-order valence-corrected chi connectivity index (χ0v) is 17.0. The molecule has 0 unspecified atom stereocenters. The summed E-state index contributed by atoms with van der Waals surface area (Å²) in [7, 11) is 1.60. The quantitative estimate of drug-likeness (QED) is 0.226. The second kappa shape index (κ2) is 8.67. The molecule has 0 aromatic heterocycles. The fourth-order valence-corrected chi connectivity index (χ4v) is 3.59. The number of halogens is 1. The zero-order valence-electron chi connectivity index (χ0n) is 14.9. The van der Waals surface area contributed by atoms with Gasteiger partial charge in [-0.05, 0) is 46.7 Å². The molecule has 0 bridgehead atoms. The summed E-state index contributed by atoms with van der Waals surface area (Å²) in [5.74, 6) is -1.39. The van der Waals surface area contributed by atoms with E-state index < -0.39 is 17.7 Å². The number of nitrogens with zero attached hydrogens (tertiary/aromatic N) is 1. The molecular formula is C21H20INO4. The van der Waals surface area contributed by atoms with Crippen molar-refractivity contribution in [2.75, 3.05) is 20.3 Å². The first-order valence-electron chi connectivity index (χ1n) is 8.63. The number of methoxy groups -OCH3 is 1. The topological polar surface area (TPSA) is 66.8 Å². The predicted molar refractivity (Wildman–Crippen MR) is 111 cm³/mol. The first-order valence-corrected chi connectivity index (χ1v) is 9.70. The van der Waals surface area contributed by atoms with Crippen LogP contribution >= 0.6 is 22.6 Å². The highest BCUT2D eigenvalue weighted by molar-refractivity contribution is 14.1. The molecule has 2 aromatic carbocycles. The molecule has 1 amide bonds. The van der Waals surface area contributed by atoms with Gasteiger partial charge >= 0.3 is 0 Å². The van der Waals surface area contributed by atoms with Crippen LogP contribution in [0.5, 0.6) is 0 Å². The van der Waals surface area contributed by atoms with Gasteiger partial charge in [0.25, 0.3) is 11.7 Å². The van der Waals surface area contributed by atoms with Gasteiger partial charge in [0.15, 0.2) is 0 Å². The lowest BCUT2D eigenvalue weighted by atomic mass is 9.95. The van der Waals surface area contributed by atoms with Gasteiger partial charge in [0.2, 0.25) is 0 Å². The minimum Gasteiger partial charge on any atom is -0.507 e. The Morgan fingerprint density at radius 2 is 1.78 bits per heavy atom. The smallest absolute Gasteiger partial charge is 0.295 e. The summed E-state index contributed by atoms with van der Waals surface area (Å²) in [4.78, 5) is 27.0. The van der Waals surface area contributed by atoms with E-state index in [9.17, 15) is 14.7 Å². The van der Waals surface area contributed by atoms with E-state index in [1.54, 1.807) is 31.4 Å². The van der Waals surface area contributed by atoms with Crippen LogP contribution in [-0.4, -0.2) is 42.0 Å². The average molecular weight is 477 g/mol. The number of benzene rings is 2. The minimum absolute atomic E-state index is 0.129. The Hall–Kier alpha value is -2.19. The van der Waals surface area contributed by atoms with Crippen molar-refractivity contribution in [1.82, 2.24) is 4.90 Å². The van der Waals surface area contributed by atoms with E-state index in [0.29, 0.717) is 25.1 Å². The Morgan fingerprint density at radius 1 is 1.11 bits per heavy atom. The monoisotopic (exact) mass is 477 g/mol. The van der Waals surface area contributed by atoms with Crippen LogP contribution in [0.3, 0.4) is 0 Å². The molecule has 6 heteroatoms. The maximum absolute atomic E-state index is 12.8. The van der Waals surface area contributed by atoms with Crippen LogP contribution in [-0.2, 0) is 14.3 Å². The molecule has 1 aliphatic rings. The van der Waals surface area contributed by atoms with Crippen LogP contribution in [0.2, 0.25) is 0 Å². The van der Waals surface area contributed by atoms with E-state index >= 15 is 0 Å². The van der Waals surface area contributed by atoms with Crippen LogP contribution < -0.4 is 0 Å². The van der Waals surface area contributed by atoms with E-state index in [0.717, 1.165) is 9.13 Å². The molecule has 27 heavy (non-hydrogen) atoms. The van der Waals surface area contributed by atoms with Gasteiger partial charge in [0.05, 0.1) is 11.6 Å². The summed E-state index contributed by atoms with van der Waals surface area (Å²) in [6, 6.07) is 15.8. The number of aliphatic hydroxyl groups is 1. The van der Waals surface area contributed by atoms with E-state index in [4.69, 9.17) is 4.74 Å². The van der Waals surface area contributed by atoms with Gasteiger partial charge in [-0.25, -0.2) is 0 Å². The van der Waals surface area contributed by atoms with Crippen molar-refractivity contribution in [2.24, 2.45) is 0 Å². The van der Waals surface area contributed by atoms with Gasteiger partial charge in [-0.2, -0.15) is 0 Å². The lowest BCUT2D eigenvalue weighted by Gasteiger charge is -2.25. The van der Waals surface area contributed by atoms with Crippen LogP contribution in [0, 0.1) is 3.57 Å². The number of ether oxygens (including phenoxy) is 1. The molecule has 1 atom stereocenters. The number of hydrogen-bond donors (Lipinski definition) is 1. The molecule has 1 saturated heterocycles. The minimum atomic E-state index is -0.655. The molecule has 3 rings (SSSR count). The fraction of sp³-hybridized carbons (Fsp3) is 0.238.